The Kier molecular flexibility index (Phi) is 4.56. The maximum atomic E-state index is 12.9. The maximum absolute atomic E-state index is 12.9. The molecule has 0 saturated carbocycles. The summed E-state index contributed by atoms with van der Waals surface area (Å²) in [6.45, 7) is 1.46. The third-order valence-corrected chi connectivity index (χ3v) is 5.67. The molecule has 5 nitrogen and oxygen atoms in total. The van der Waals surface area contributed by atoms with Gasteiger partial charge in [0.05, 0.1) is 0 Å². The van der Waals surface area contributed by atoms with E-state index in [0.717, 1.165) is 41.8 Å². The minimum atomic E-state index is 0.0523. The molecule has 2 aromatic carbocycles. The smallest absolute Gasteiger partial charge is 0.246 e. The summed E-state index contributed by atoms with van der Waals surface area (Å²) in [5.74, 6) is 1.20. The summed E-state index contributed by atoms with van der Waals surface area (Å²) in [5.41, 5.74) is 1.91. The fraction of sp³-hybridized carbons (Fsp3) is 0.208. The molecule has 1 unspecified atom stereocenters. The molecule has 2 aromatic heterocycles. The lowest BCUT2D eigenvalue weighted by atomic mass is 9.97. The highest BCUT2D eigenvalue weighted by molar-refractivity contribution is 5.96. The van der Waals surface area contributed by atoms with Crippen molar-refractivity contribution >= 4 is 28.4 Å². The largest absolute Gasteiger partial charge is 0.338 e. The Morgan fingerprint density at radius 1 is 1.00 bits per heavy atom. The van der Waals surface area contributed by atoms with Gasteiger partial charge in [0.1, 0.15) is 5.82 Å². The number of pyridine rings is 1. The fourth-order valence-corrected chi connectivity index (χ4v) is 4.19. The van der Waals surface area contributed by atoms with Gasteiger partial charge in [0.15, 0.2) is 5.65 Å². The zero-order valence-electron chi connectivity index (χ0n) is 16.1. The Labute approximate surface area is 169 Å². The summed E-state index contributed by atoms with van der Waals surface area (Å²) < 4.78 is 2.03. The lowest BCUT2D eigenvalue weighted by Gasteiger charge is -2.31. The Morgan fingerprint density at radius 3 is 2.83 bits per heavy atom. The molecule has 1 atom stereocenters. The molecule has 1 aliphatic rings. The standard InChI is InChI=1S/C24H22N4O/c29-23(14-13-19-9-5-8-18-7-1-2-11-21(18)19)27-15-6-10-20(17-27)24-26-25-22-12-3-4-16-28(22)24/h1-5,7-9,11-14,16,20H,6,10,15,17H2/b14-13+. The first-order chi connectivity index (χ1) is 14.3. The number of hydrogen-bond acceptors (Lipinski definition) is 3. The van der Waals surface area contributed by atoms with Crippen molar-refractivity contribution in [1.29, 1.82) is 0 Å². The first-order valence-electron chi connectivity index (χ1n) is 10.0. The Balaban J connectivity index is 1.35. The van der Waals surface area contributed by atoms with Crippen LogP contribution in [0.4, 0.5) is 0 Å². The molecule has 0 bridgehead atoms. The quantitative estimate of drug-likeness (QED) is 0.496. The minimum absolute atomic E-state index is 0.0523. The molecule has 1 amide bonds. The van der Waals surface area contributed by atoms with Gasteiger partial charge in [0.25, 0.3) is 0 Å². The second-order valence-corrected chi connectivity index (χ2v) is 7.51. The van der Waals surface area contributed by atoms with Crippen LogP contribution in [0.15, 0.2) is 72.9 Å². The highest BCUT2D eigenvalue weighted by Crippen LogP contribution is 2.26. The number of amides is 1. The number of nitrogens with zero attached hydrogens (tertiary/aromatic N) is 4. The molecule has 0 radical (unpaired) electrons. The SMILES string of the molecule is O=C(/C=C/c1cccc2ccccc12)N1CCCC(c2nnc3ccccn23)C1. The van der Waals surface area contributed by atoms with E-state index in [1.807, 2.05) is 64.0 Å². The van der Waals surface area contributed by atoms with Crippen LogP contribution in [0, 0.1) is 0 Å². The Hall–Kier alpha value is -3.47. The molecule has 1 saturated heterocycles. The molecule has 5 rings (SSSR count). The predicted molar refractivity (Wildman–Crippen MR) is 115 cm³/mol. The van der Waals surface area contributed by atoms with Gasteiger partial charge in [0.2, 0.25) is 5.91 Å². The summed E-state index contributed by atoms with van der Waals surface area (Å²) in [6, 6.07) is 20.3. The third-order valence-electron chi connectivity index (χ3n) is 5.67. The van der Waals surface area contributed by atoms with Crippen LogP contribution in [0.3, 0.4) is 0 Å². The highest BCUT2D eigenvalue weighted by atomic mass is 16.2. The third kappa shape index (κ3) is 3.40. The van der Waals surface area contributed by atoms with Crippen molar-refractivity contribution in [3.63, 3.8) is 0 Å². The summed E-state index contributed by atoms with van der Waals surface area (Å²) in [5, 5.41) is 11.0. The molecule has 29 heavy (non-hydrogen) atoms. The molecular weight excluding hydrogens is 360 g/mol. The van der Waals surface area contributed by atoms with Crippen LogP contribution in [0.5, 0.6) is 0 Å². The summed E-state index contributed by atoms with van der Waals surface area (Å²) in [6.07, 6.45) is 7.62. The number of carbonyl (C=O) groups excluding carboxylic acids is 1. The molecule has 0 aliphatic carbocycles. The number of hydrogen-bond donors (Lipinski definition) is 0. The van der Waals surface area contributed by atoms with Crippen molar-refractivity contribution in [2.45, 2.75) is 18.8 Å². The number of likely N-dealkylation sites (tertiary alicyclic amines) is 1. The van der Waals surface area contributed by atoms with Crippen LogP contribution < -0.4 is 0 Å². The van der Waals surface area contributed by atoms with Gasteiger partial charge in [-0.1, -0.05) is 48.5 Å². The zero-order chi connectivity index (χ0) is 19.6. The minimum Gasteiger partial charge on any atom is -0.338 e. The average molecular weight is 382 g/mol. The van der Waals surface area contributed by atoms with Crippen molar-refractivity contribution < 1.29 is 4.79 Å². The summed E-state index contributed by atoms with van der Waals surface area (Å²) in [7, 11) is 0. The van der Waals surface area contributed by atoms with Crippen LogP contribution >= 0.6 is 0 Å². The molecule has 5 heteroatoms. The first kappa shape index (κ1) is 17.6. The number of carbonyl (C=O) groups is 1. The van der Waals surface area contributed by atoms with Gasteiger partial charge in [-0.25, -0.2) is 0 Å². The molecule has 0 spiro atoms. The fourth-order valence-electron chi connectivity index (χ4n) is 4.19. The van der Waals surface area contributed by atoms with E-state index >= 15 is 0 Å². The number of rotatable bonds is 3. The predicted octanol–water partition coefficient (Wildman–Crippen LogP) is 4.30. The Bertz CT molecular complexity index is 1200. The molecule has 144 valence electrons. The Morgan fingerprint density at radius 2 is 1.86 bits per heavy atom. The highest BCUT2D eigenvalue weighted by Gasteiger charge is 2.27. The van der Waals surface area contributed by atoms with E-state index in [4.69, 9.17) is 0 Å². The van der Waals surface area contributed by atoms with Crippen LogP contribution in [0.2, 0.25) is 0 Å². The van der Waals surface area contributed by atoms with Gasteiger partial charge in [-0.3, -0.25) is 9.20 Å². The lowest BCUT2D eigenvalue weighted by Crippen LogP contribution is -2.38. The zero-order valence-corrected chi connectivity index (χ0v) is 16.1. The van der Waals surface area contributed by atoms with Gasteiger partial charge in [-0.15, -0.1) is 10.2 Å². The van der Waals surface area contributed by atoms with E-state index in [1.54, 1.807) is 6.08 Å². The van der Waals surface area contributed by atoms with Crippen molar-refractivity contribution in [3.05, 3.63) is 84.3 Å². The van der Waals surface area contributed by atoms with Crippen molar-refractivity contribution in [2.75, 3.05) is 13.1 Å². The normalized spacial score (nSPS) is 17.4. The summed E-state index contributed by atoms with van der Waals surface area (Å²) in [4.78, 5) is 14.8. The number of benzene rings is 2. The van der Waals surface area contributed by atoms with Crippen LogP contribution in [-0.2, 0) is 4.79 Å². The second-order valence-electron chi connectivity index (χ2n) is 7.51. The van der Waals surface area contributed by atoms with Gasteiger partial charge < -0.3 is 4.90 Å². The second kappa shape index (κ2) is 7.51. The van der Waals surface area contributed by atoms with Crippen molar-refractivity contribution in [1.82, 2.24) is 19.5 Å². The maximum Gasteiger partial charge on any atom is 0.246 e. The molecule has 1 fully saturated rings. The molecule has 0 N–H and O–H groups in total. The van der Waals surface area contributed by atoms with E-state index in [-0.39, 0.29) is 11.8 Å². The van der Waals surface area contributed by atoms with Gasteiger partial charge >= 0.3 is 0 Å². The first-order valence-corrected chi connectivity index (χ1v) is 10.0. The molecule has 1 aliphatic heterocycles. The van der Waals surface area contributed by atoms with Crippen LogP contribution in [0.25, 0.3) is 22.5 Å². The van der Waals surface area contributed by atoms with Crippen molar-refractivity contribution in [2.24, 2.45) is 0 Å². The van der Waals surface area contributed by atoms with Gasteiger partial charge in [-0.2, -0.15) is 0 Å². The number of fused-ring (bicyclic) bond motifs is 2. The van der Waals surface area contributed by atoms with Crippen molar-refractivity contribution in [3.8, 4) is 0 Å². The van der Waals surface area contributed by atoms with Gasteiger partial charge in [-0.05, 0) is 47.4 Å². The topological polar surface area (TPSA) is 50.5 Å². The summed E-state index contributed by atoms with van der Waals surface area (Å²) >= 11 is 0. The van der Waals surface area contributed by atoms with E-state index < -0.39 is 0 Å². The van der Waals surface area contributed by atoms with Crippen LogP contribution in [0.1, 0.15) is 30.1 Å². The van der Waals surface area contributed by atoms with E-state index in [1.165, 1.54) is 5.39 Å². The molecular formula is C24H22N4O. The molecule has 4 aromatic rings. The van der Waals surface area contributed by atoms with E-state index in [0.29, 0.717) is 6.54 Å². The molecule has 3 heterocycles. The monoisotopic (exact) mass is 382 g/mol. The van der Waals surface area contributed by atoms with Crippen LogP contribution in [-0.4, -0.2) is 38.5 Å². The lowest BCUT2D eigenvalue weighted by molar-refractivity contribution is -0.127. The average Bonchev–Trinajstić information content (AvgIpc) is 3.22. The van der Waals surface area contributed by atoms with Gasteiger partial charge in [0, 0.05) is 31.3 Å². The number of piperidine rings is 1. The van der Waals surface area contributed by atoms with E-state index in [9.17, 15) is 4.79 Å². The number of aromatic nitrogens is 3. The van der Waals surface area contributed by atoms with E-state index in [2.05, 4.69) is 28.4 Å².